The van der Waals surface area contributed by atoms with Gasteiger partial charge >= 0.3 is 0 Å². The first-order chi connectivity index (χ1) is 14.7. The summed E-state index contributed by atoms with van der Waals surface area (Å²) in [5.41, 5.74) is 4.78. The summed E-state index contributed by atoms with van der Waals surface area (Å²) < 4.78 is 18.9. The van der Waals surface area contributed by atoms with Gasteiger partial charge in [0, 0.05) is 16.1 Å². The summed E-state index contributed by atoms with van der Waals surface area (Å²) in [6, 6.07) is 20.8. The van der Waals surface area contributed by atoms with Gasteiger partial charge in [0.2, 0.25) is 5.75 Å². The monoisotopic (exact) mass is 467 g/mol. The van der Waals surface area contributed by atoms with Gasteiger partial charge in [0.25, 0.3) is 0 Å². The largest absolute Gasteiger partial charge is 0.492 e. The SMILES string of the molecule is COc1c(OCc2ccccc2)cc2c(c1OC)CCNC2Cc1ccccc1Br. The van der Waals surface area contributed by atoms with Crippen molar-refractivity contribution in [2.45, 2.75) is 25.5 Å². The molecule has 0 saturated carbocycles. The van der Waals surface area contributed by atoms with Gasteiger partial charge in [-0.1, -0.05) is 64.5 Å². The Hall–Kier alpha value is -2.50. The summed E-state index contributed by atoms with van der Waals surface area (Å²) in [6.45, 7) is 1.37. The van der Waals surface area contributed by atoms with Crippen LogP contribution in [0.15, 0.2) is 65.1 Å². The molecule has 0 spiro atoms. The van der Waals surface area contributed by atoms with Crippen LogP contribution in [0.5, 0.6) is 17.2 Å². The van der Waals surface area contributed by atoms with Crippen LogP contribution < -0.4 is 19.5 Å². The second kappa shape index (κ2) is 9.54. The fraction of sp³-hybridized carbons (Fsp3) is 0.280. The van der Waals surface area contributed by atoms with E-state index in [9.17, 15) is 0 Å². The molecule has 0 radical (unpaired) electrons. The van der Waals surface area contributed by atoms with Crippen LogP contribution in [0.25, 0.3) is 0 Å². The minimum Gasteiger partial charge on any atom is -0.492 e. The molecule has 0 fully saturated rings. The topological polar surface area (TPSA) is 39.7 Å². The molecule has 156 valence electrons. The third kappa shape index (κ3) is 4.32. The van der Waals surface area contributed by atoms with Crippen LogP contribution >= 0.6 is 15.9 Å². The third-order valence-electron chi connectivity index (χ3n) is 5.51. The second-order valence-corrected chi connectivity index (χ2v) is 8.19. The minimum absolute atomic E-state index is 0.173. The number of nitrogens with one attached hydrogen (secondary N) is 1. The van der Waals surface area contributed by atoms with Gasteiger partial charge in [0.1, 0.15) is 6.61 Å². The fourth-order valence-corrected chi connectivity index (χ4v) is 4.49. The fourth-order valence-electron chi connectivity index (χ4n) is 4.04. The number of rotatable bonds is 7. The standard InChI is InChI=1S/C25H26BrNO3/c1-28-24-19-12-13-27-22(14-18-10-6-7-11-21(18)26)20(19)15-23(25(24)29-2)30-16-17-8-4-3-5-9-17/h3-11,15,22,27H,12-14,16H2,1-2H3. The summed E-state index contributed by atoms with van der Waals surface area (Å²) >= 11 is 3.68. The van der Waals surface area contributed by atoms with Gasteiger partial charge in [-0.3, -0.25) is 0 Å². The molecule has 1 N–H and O–H groups in total. The van der Waals surface area contributed by atoms with Gasteiger partial charge in [0.15, 0.2) is 11.5 Å². The number of halogens is 1. The summed E-state index contributed by atoms with van der Waals surface area (Å²) in [5.74, 6) is 2.14. The van der Waals surface area contributed by atoms with Crippen LogP contribution in [0.2, 0.25) is 0 Å². The van der Waals surface area contributed by atoms with Gasteiger partial charge in [-0.05, 0) is 48.2 Å². The molecule has 4 rings (SSSR count). The first-order valence-corrected chi connectivity index (χ1v) is 10.9. The van der Waals surface area contributed by atoms with Crippen molar-refractivity contribution in [2.75, 3.05) is 20.8 Å². The van der Waals surface area contributed by atoms with Gasteiger partial charge < -0.3 is 19.5 Å². The van der Waals surface area contributed by atoms with Crippen molar-refractivity contribution in [3.8, 4) is 17.2 Å². The van der Waals surface area contributed by atoms with Crippen molar-refractivity contribution in [1.82, 2.24) is 5.32 Å². The minimum atomic E-state index is 0.173. The Morgan fingerprint density at radius 1 is 0.967 bits per heavy atom. The van der Waals surface area contributed by atoms with Crippen LogP contribution in [0.3, 0.4) is 0 Å². The van der Waals surface area contributed by atoms with Gasteiger partial charge in [-0.25, -0.2) is 0 Å². The zero-order chi connectivity index (χ0) is 20.9. The van der Waals surface area contributed by atoms with E-state index in [0.717, 1.165) is 35.2 Å². The van der Waals surface area contributed by atoms with E-state index in [1.807, 2.05) is 24.3 Å². The van der Waals surface area contributed by atoms with E-state index in [1.54, 1.807) is 14.2 Å². The molecule has 0 saturated heterocycles. The zero-order valence-corrected chi connectivity index (χ0v) is 18.9. The van der Waals surface area contributed by atoms with E-state index < -0.39 is 0 Å². The average molecular weight is 468 g/mol. The summed E-state index contributed by atoms with van der Waals surface area (Å²) in [5, 5.41) is 3.67. The molecule has 4 nitrogen and oxygen atoms in total. The number of methoxy groups -OCH3 is 2. The first kappa shape index (κ1) is 20.8. The normalized spacial score (nSPS) is 15.4. The molecular weight excluding hydrogens is 442 g/mol. The van der Waals surface area contributed by atoms with Crippen molar-refractivity contribution in [2.24, 2.45) is 0 Å². The Morgan fingerprint density at radius 2 is 1.70 bits per heavy atom. The maximum Gasteiger partial charge on any atom is 0.203 e. The maximum absolute atomic E-state index is 6.20. The van der Waals surface area contributed by atoms with Crippen molar-refractivity contribution in [3.63, 3.8) is 0 Å². The number of fused-ring (bicyclic) bond motifs is 1. The maximum atomic E-state index is 6.20. The lowest BCUT2D eigenvalue weighted by Gasteiger charge is -2.30. The summed E-state index contributed by atoms with van der Waals surface area (Å²) in [4.78, 5) is 0. The molecule has 0 amide bonds. The highest BCUT2D eigenvalue weighted by atomic mass is 79.9. The highest BCUT2D eigenvalue weighted by Crippen LogP contribution is 2.46. The predicted molar refractivity (Wildman–Crippen MR) is 123 cm³/mol. The molecule has 1 unspecified atom stereocenters. The van der Waals surface area contributed by atoms with E-state index >= 15 is 0 Å². The molecular formula is C25H26BrNO3. The Balaban J connectivity index is 1.70. The Kier molecular flexibility index (Phi) is 6.60. The van der Waals surface area contributed by atoms with Gasteiger partial charge in [-0.15, -0.1) is 0 Å². The molecule has 1 atom stereocenters. The molecule has 3 aromatic rings. The van der Waals surface area contributed by atoms with E-state index in [4.69, 9.17) is 14.2 Å². The Labute approximate surface area is 186 Å². The summed E-state index contributed by atoms with van der Waals surface area (Å²) in [7, 11) is 3.36. The lowest BCUT2D eigenvalue weighted by atomic mass is 9.89. The zero-order valence-electron chi connectivity index (χ0n) is 17.3. The molecule has 30 heavy (non-hydrogen) atoms. The highest BCUT2D eigenvalue weighted by molar-refractivity contribution is 9.10. The van der Waals surface area contributed by atoms with E-state index in [2.05, 4.69) is 57.6 Å². The third-order valence-corrected chi connectivity index (χ3v) is 6.28. The number of benzene rings is 3. The molecule has 0 bridgehead atoms. The quantitative estimate of drug-likeness (QED) is 0.499. The van der Waals surface area contributed by atoms with Crippen LogP contribution in [0, 0.1) is 0 Å². The van der Waals surface area contributed by atoms with Gasteiger partial charge in [-0.2, -0.15) is 0 Å². The van der Waals surface area contributed by atoms with Crippen LogP contribution in [-0.2, 0) is 19.4 Å². The molecule has 5 heteroatoms. The number of hydrogen-bond acceptors (Lipinski definition) is 4. The Morgan fingerprint density at radius 3 is 2.43 bits per heavy atom. The first-order valence-electron chi connectivity index (χ1n) is 10.1. The van der Waals surface area contributed by atoms with Crippen molar-refractivity contribution < 1.29 is 14.2 Å². The number of hydrogen-bond donors (Lipinski definition) is 1. The summed E-state index contributed by atoms with van der Waals surface area (Å²) in [6.07, 6.45) is 1.77. The highest BCUT2D eigenvalue weighted by Gasteiger charge is 2.28. The van der Waals surface area contributed by atoms with Crippen molar-refractivity contribution in [3.05, 3.63) is 87.4 Å². The molecule has 1 aliphatic heterocycles. The van der Waals surface area contributed by atoms with E-state index in [-0.39, 0.29) is 6.04 Å². The molecule has 3 aromatic carbocycles. The number of ether oxygens (including phenoxy) is 3. The van der Waals surface area contributed by atoms with Crippen LogP contribution in [0.4, 0.5) is 0 Å². The Bertz CT molecular complexity index is 1010. The van der Waals surface area contributed by atoms with Crippen LogP contribution in [-0.4, -0.2) is 20.8 Å². The van der Waals surface area contributed by atoms with Crippen molar-refractivity contribution >= 4 is 15.9 Å². The predicted octanol–water partition coefficient (Wildman–Crippen LogP) is 5.47. The molecule has 1 heterocycles. The average Bonchev–Trinajstić information content (AvgIpc) is 2.79. The van der Waals surface area contributed by atoms with Crippen molar-refractivity contribution in [1.29, 1.82) is 0 Å². The van der Waals surface area contributed by atoms with E-state index in [0.29, 0.717) is 18.1 Å². The smallest absolute Gasteiger partial charge is 0.203 e. The van der Waals surface area contributed by atoms with Gasteiger partial charge in [0.05, 0.1) is 14.2 Å². The molecule has 0 aliphatic carbocycles. The molecule has 0 aromatic heterocycles. The second-order valence-electron chi connectivity index (χ2n) is 7.34. The lowest BCUT2D eigenvalue weighted by molar-refractivity contribution is 0.272. The van der Waals surface area contributed by atoms with Crippen LogP contribution in [0.1, 0.15) is 28.3 Å². The van der Waals surface area contributed by atoms with E-state index in [1.165, 1.54) is 16.7 Å². The lowest BCUT2D eigenvalue weighted by Crippen LogP contribution is -2.31. The molecule has 1 aliphatic rings.